The van der Waals surface area contributed by atoms with Crippen molar-refractivity contribution >= 4 is 29.0 Å². The van der Waals surface area contributed by atoms with Gasteiger partial charge in [-0.15, -0.1) is 11.3 Å². The maximum Gasteiger partial charge on any atom is 0.314 e. The Morgan fingerprint density at radius 1 is 1.11 bits per heavy atom. The fourth-order valence-corrected chi connectivity index (χ4v) is 4.33. The minimum Gasteiger partial charge on any atom is -0.338 e. The SMILES string of the molecule is CC(=O)Nc1ccc(CCNC(=O)NCC(c2cccs2)N2CCCC2)cc1. The minimum absolute atomic E-state index is 0.0825. The monoisotopic (exact) mass is 400 g/mol. The molecule has 1 saturated heterocycles. The van der Waals surface area contributed by atoms with Crippen LogP contribution < -0.4 is 16.0 Å². The number of likely N-dealkylation sites (tertiary alicyclic amines) is 1. The largest absolute Gasteiger partial charge is 0.338 e. The summed E-state index contributed by atoms with van der Waals surface area (Å²) in [6.45, 7) is 4.88. The van der Waals surface area contributed by atoms with Crippen molar-refractivity contribution in [3.8, 4) is 0 Å². The van der Waals surface area contributed by atoms with Crippen molar-refractivity contribution in [1.29, 1.82) is 0 Å². The number of nitrogens with one attached hydrogen (secondary N) is 3. The van der Waals surface area contributed by atoms with Crippen LogP contribution in [0.15, 0.2) is 41.8 Å². The topological polar surface area (TPSA) is 73.5 Å². The highest BCUT2D eigenvalue weighted by atomic mass is 32.1. The second-order valence-electron chi connectivity index (χ2n) is 7.04. The summed E-state index contributed by atoms with van der Waals surface area (Å²) in [6.07, 6.45) is 3.21. The number of thiophene rings is 1. The summed E-state index contributed by atoms with van der Waals surface area (Å²) in [5.74, 6) is -0.0825. The van der Waals surface area contributed by atoms with Crippen molar-refractivity contribution in [2.24, 2.45) is 0 Å². The number of carbonyl (C=O) groups is 2. The van der Waals surface area contributed by atoms with Crippen LogP contribution in [0.1, 0.15) is 36.2 Å². The van der Waals surface area contributed by atoms with E-state index in [1.165, 1.54) is 24.6 Å². The quantitative estimate of drug-likeness (QED) is 0.636. The van der Waals surface area contributed by atoms with Gasteiger partial charge in [-0.25, -0.2) is 4.79 Å². The lowest BCUT2D eigenvalue weighted by molar-refractivity contribution is -0.114. The van der Waals surface area contributed by atoms with Gasteiger partial charge >= 0.3 is 6.03 Å². The van der Waals surface area contributed by atoms with E-state index in [2.05, 4.69) is 38.4 Å². The summed E-state index contributed by atoms with van der Waals surface area (Å²) in [5.41, 5.74) is 1.89. The predicted octanol–water partition coefficient (Wildman–Crippen LogP) is 3.39. The van der Waals surface area contributed by atoms with Gasteiger partial charge in [-0.2, -0.15) is 0 Å². The summed E-state index contributed by atoms with van der Waals surface area (Å²) in [7, 11) is 0. The summed E-state index contributed by atoms with van der Waals surface area (Å²) in [4.78, 5) is 27.0. The first kappa shape index (κ1) is 20.4. The number of hydrogen-bond donors (Lipinski definition) is 3. The number of urea groups is 1. The summed E-state index contributed by atoms with van der Waals surface area (Å²) in [5, 5.41) is 10.8. The van der Waals surface area contributed by atoms with Crippen molar-refractivity contribution in [3.63, 3.8) is 0 Å². The highest BCUT2D eigenvalue weighted by Gasteiger charge is 2.24. The Labute approximate surface area is 170 Å². The standard InChI is InChI=1S/C21H28N4O2S/c1-16(26)24-18-8-6-17(7-9-18)10-11-22-21(27)23-15-19(20-5-4-14-28-20)25-12-2-3-13-25/h4-9,14,19H,2-3,10-13,15H2,1H3,(H,24,26)(H2,22,23,27). The zero-order valence-corrected chi connectivity index (χ0v) is 17.1. The highest BCUT2D eigenvalue weighted by molar-refractivity contribution is 7.10. The van der Waals surface area contributed by atoms with Crippen molar-refractivity contribution < 1.29 is 9.59 Å². The molecule has 28 heavy (non-hydrogen) atoms. The molecule has 150 valence electrons. The summed E-state index contributed by atoms with van der Waals surface area (Å²) in [6, 6.07) is 12.0. The first-order valence-electron chi connectivity index (χ1n) is 9.77. The average Bonchev–Trinajstić information content (AvgIpc) is 3.37. The van der Waals surface area contributed by atoms with E-state index in [4.69, 9.17) is 0 Å². The van der Waals surface area contributed by atoms with E-state index in [0.29, 0.717) is 13.1 Å². The molecule has 0 aliphatic carbocycles. The van der Waals surface area contributed by atoms with Crippen LogP contribution in [0.5, 0.6) is 0 Å². The van der Waals surface area contributed by atoms with Crippen molar-refractivity contribution in [2.75, 3.05) is 31.5 Å². The average molecular weight is 401 g/mol. The Balaban J connectivity index is 1.41. The van der Waals surface area contributed by atoms with Gasteiger partial charge in [0.15, 0.2) is 0 Å². The van der Waals surface area contributed by atoms with Gasteiger partial charge in [-0.3, -0.25) is 9.69 Å². The third-order valence-corrected chi connectivity index (χ3v) is 5.86. The number of amides is 3. The van der Waals surface area contributed by atoms with Crippen molar-refractivity contribution in [2.45, 2.75) is 32.2 Å². The molecule has 1 aromatic carbocycles. The van der Waals surface area contributed by atoms with Crippen LogP contribution in [-0.2, 0) is 11.2 Å². The van der Waals surface area contributed by atoms with E-state index in [9.17, 15) is 9.59 Å². The van der Waals surface area contributed by atoms with Crippen molar-refractivity contribution in [1.82, 2.24) is 15.5 Å². The molecular formula is C21H28N4O2S. The Kier molecular flexibility index (Phi) is 7.45. The Morgan fingerprint density at radius 2 is 1.86 bits per heavy atom. The summed E-state index contributed by atoms with van der Waals surface area (Å²) < 4.78 is 0. The Hall–Kier alpha value is -2.38. The molecule has 1 aromatic heterocycles. The molecule has 1 atom stereocenters. The zero-order chi connectivity index (χ0) is 19.8. The molecule has 1 aliphatic heterocycles. The van der Waals surface area contributed by atoms with Crippen LogP contribution in [-0.4, -0.2) is 43.0 Å². The maximum atomic E-state index is 12.2. The molecule has 0 spiro atoms. The van der Waals surface area contributed by atoms with Gasteiger partial charge in [0.05, 0.1) is 6.04 Å². The summed E-state index contributed by atoms with van der Waals surface area (Å²) >= 11 is 1.75. The van der Waals surface area contributed by atoms with E-state index in [-0.39, 0.29) is 18.0 Å². The zero-order valence-electron chi connectivity index (χ0n) is 16.2. The highest BCUT2D eigenvalue weighted by Crippen LogP contribution is 2.27. The first-order chi connectivity index (χ1) is 13.6. The molecule has 3 N–H and O–H groups in total. The van der Waals surface area contributed by atoms with Gasteiger partial charge in [-0.05, 0) is 61.5 Å². The molecule has 0 saturated carbocycles. The number of anilines is 1. The molecule has 0 radical (unpaired) electrons. The maximum absolute atomic E-state index is 12.2. The molecule has 2 heterocycles. The van der Waals surface area contributed by atoms with Crippen molar-refractivity contribution in [3.05, 3.63) is 52.2 Å². The fourth-order valence-electron chi connectivity index (χ4n) is 3.47. The number of nitrogens with zero attached hydrogens (tertiary/aromatic N) is 1. The molecule has 1 fully saturated rings. The second-order valence-corrected chi connectivity index (χ2v) is 8.02. The third-order valence-electron chi connectivity index (χ3n) is 4.88. The number of benzene rings is 1. The van der Waals surface area contributed by atoms with Gasteiger partial charge in [0, 0.05) is 30.6 Å². The number of rotatable bonds is 8. The molecule has 1 unspecified atom stereocenters. The molecule has 2 aromatic rings. The van der Waals surface area contributed by atoms with Crippen LogP contribution in [0.3, 0.4) is 0 Å². The Morgan fingerprint density at radius 3 is 2.50 bits per heavy atom. The van der Waals surface area contributed by atoms with Gasteiger partial charge in [0.1, 0.15) is 0 Å². The molecular weight excluding hydrogens is 372 g/mol. The van der Waals surface area contributed by atoms with Crippen LogP contribution in [0.25, 0.3) is 0 Å². The van der Waals surface area contributed by atoms with Gasteiger partial charge in [0.2, 0.25) is 5.91 Å². The van der Waals surface area contributed by atoms with Gasteiger partial charge < -0.3 is 16.0 Å². The van der Waals surface area contributed by atoms with E-state index < -0.39 is 0 Å². The first-order valence-corrected chi connectivity index (χ1v) is 10.7. The number of hydrogen-bond acceptors (Lipinski definition) is 4. The molecule has 3 amide bonds. The third kappa shape index (κ3) is 6.07. The van der Waals surface area contributed by atoms with E-state index in [1.807, 2.05) is 24.3 Å². The van der Waals surface area contributed by atoms with Crippen LogP contribution in [0.2, 0.25) is 0 Å². The smallest absolute Gasteiger partial charge is 0.314 e. The van der Waals surface area contributed by atoms with E-state index in [1.54, 1.807) is 11.3 Å². The minimum atomic E-state index is -0.129. The van der Waals surface area contributed by atoms with E-state index >= 15 is 0 Å². The lowest BCUT2D eigenvalue weighted by Crippen LogP contribution is -2.41. The van der Waals surface area contributed by atoms with E-state index in [0.717, 1.165) is 30.8 Å². The fraction of sp³-hybridized carbons (Fsp3) is 0.429. The molecule has 3 rings (SSSR count). The Bertz CT molecular complexity index is 755. The molecule has 0 bridgehead atoms. The lowest BCUT2D eigenvalue weighted by atomic mass is 10.1. The second kappa shape index (κ2) is 10.2. The molecule has 1 aliphatic rings. The predicted molar refractivity (Wildman–Crippen MR) is 114 cm³/mol. The normalized spacial score (nSPS) is 15.2. The van der Waals surface area contributed by atoms with Gasteiger partial charge in [0.25, 0.3) is 0 Å². The number of carbonyl (C=O) groups excluding carboxylic acids is 2. The van der Waals surface area contributed by atoms with Gasteiger partial charge in [-0.1, -0.05) is 18.2 Å². The van der Waals surface area contributed by atoms with Crippen LogP contribution in [0, 0.1) is 0 Å². The lowest BCUT2D eigenvalue weighted by Gasteiger charge is -2.26. The van der Waals surface area contributed by atoms with Crippen LogP contribution in [0.4, 0.5) is 10.5 Å². The van der Waals surface area contributed by atoms with Crippen LogP contribution >= 0.6 is 11.3 Å². The molecule has 7 heteroatoms. The molecule has 6 nitrogen and oxygen atoms in total.